The third kappa shape index (κ3) is 4.71. The van der Waals surface area contributed by atoms with Crippen LogP contribution in [-0.4, -0.2) is 49.1 Å². The molecule has 2 amide bonds. The number of fused-ring (bicyclic) bond motifs is 1. The standard InChI is InChI=1S/C20H29N3O4/c1-13(2)19(14-6-7-16-17(11-14)27-10-4-9-26-16)22-18(24)12-23-8-3-5-15(23)20(21)25/h6-7,11,13,15,19H,3-5,8-10,12H2,1-2H3,(H2,21,25)(H,22,24)/t15-,19-/m0/s1. The lowest BCUT2D eigenvalue weighted by Crippen LogP contribution is -2.46. The summed E-state index contributed by atoms with van der Waals surface area (Å²) in [6.45, 7) is 6.30. The summed E-state index contributed by atoms with van der Waals surface area (Å²) in [4.78, 5) is 26.0. The number of amides is 2. The third-order valence-corrected chi connectivity index (χ3v) is 5.15. The summed E-state index contributed by atoms with van der Waals surface area (Å²) in [6.07, 6.45) is 2.46. The van der Waals surface area contributed by atoms with Crippen molar-refractivity contribution in [1.82, 2.24) is 10.2 Å². The monoisotopic (exact) mass is 375 g/mol. The van der Waals surface area contributed by atoms with Crippen LogP contribution >= 0.6 is 0 Å². The van der Waals surface area contributed by atoms with Crippen LogP contribution in [0.2, 0.25) is 0 Å². The average molecular weight is 375 g/mol. The predicted octanol–water partition coefficient (Wildman–Crippen LogP) is 1.61. The van der Waals surface area contributed by atoms with Crippen LogP contribution in [0.1, 0.15) is 44.7 Å². The van der Waals surface area contributed by atoms with E-state index in [9.17, 15) is 9.59 Å². The molecule has 1 saturated heterocycles. The highest BCUT2D eigenvalue weighted by Crippen LogP contribution is 2.34. The van der Waals surface area contributed by atoms with Crippen LogP contribution in [0.5, 0.6) is 11.5 Å². The van der Waals surface area contributed by atoms with E-state index in [1.54, 1.807) is 0 Å². The van der Waals surface area contributed by atoms with E-state index < -0.39 is 0 Å². The van der Waals surface area contributed by atoms with E-state index in [4.69, 9.17) is 15.2 Å². The number of carbonyl (C=O) groups excluding carboxylic acids is 2. The van der Waals surface area contributed by atoms with Gasteiger partial charge in [0.25, 0.3) is 0 Å². The van der Waals surface area contributed by atoms with E-state index in [0.717, 1.165) is 42.9 Å². The van der Waals surface area contributed by atoms with Crippen molar-refractivity contribution in [1.29, 1.82) is 0 Å². The number of nitrogens with one attached hydrogen (secondary N) is 1. The van der Waals surface area contributed by atoms with Gasteiger partial charge in [-0.15, -0.1) is 0 Å². The van der Waals surface area contributed by atoms with Crippen LogP contribution in [-0.2, 0) is 9.59 Å². The maximum atomic E-state index is 12.6. The molecule has 3 rings (SSSR count). The normalized spacial score (nSPS) is 20.9. The summed E-state index contributed by atoms with van der Waals surface area (Å²) in [6, 6.07) is 5.34. The highest BCUT2D eigenvalue weighted by atomic mass is 16.5. The van der Waals surface area contributed by atoms with Crippen molar-refractivity contribution >= 4 is 11.8 Å². The molecular formula is C20H29N3O4. The van der Waals surface area contributed by atoms with Gasteiger partial charge in [-0.2, -0.15) is 0 Å². The van der Waals surface area contributed by atoms with E-state index in [2.05, 4.69) is 19.2 Å². The lowest BCUT2D eigenvalue weighted by Gasteiger charge is -2.26. The van der Waals surface area contributed by atoms with Gasteiger partial charge in [-0.3, -0.25) is 14.5 Å². The van der Waals surface area contributed by atoms with Gasteiger partial charge < -0.3 is 20.5 Å². The molecule has 2 atom stereocenters. The van der Waals surface area contributed by atoms with Crippen LogP contribution < -0.4 is 20.5 Å². The van der Waals surface area contributed by atoms with Crippen molar-refractivity contribution in [3.05, 3.63) is 23.8 Å². The highest BCUT2D eigenvalue weighted by molar-refractivity contribution is 5.83. The molecular weight excluding hydrogens is 346 g/mol. The van der Waals surface area contributed by atoms with E-state index in [-0.39, 0.29) is 36.4 Å². The zero-order chi connectivity index (χ0) is 19.4. The van der Waals surface area contributed by atoms with Crippen LogP contribution in [0.15, 0.2) is 18.2 Å². The molecule has 2 aliphatic heterocycles. The number of rotatable bonds is 6. The van der Waals surface area contributed by atoms with Crippen molar-refractivity contribution in [3.63, 3.8) is 0 Å². The summed E-state index contributed by atoms with van der Waals surface area (Å²) >= 11 is 0. The van der Waals surface area contributed by atoms with Crippen molar-refractivity contribution in [3.8, 4) is 11.5 Å². The number of nitrogens with two attached hydrogens (primary N) is 1. The lowest BCUT2D eigenvalue weighted by molar-refractivity contribution is -0.126. The first-order chi connectivity index (χ1) is 13.0. The average Bonchev–Trinajstić information content (AvgIpc) is 2.95. The molecule has 0 aromatic heterocycles. The van der Waals surface area contributed by atoms with Gasteiger partial charge in [-0.1, -0.05) is 19.9 Å². The second-order valence-corrected chi connectivity index (χ2v) is 7.58. The van der Waals surface area contributed by atoms with Crippen LogP contribution in [0.25, 0.3) is 0 Å². The molecule has 148 valence electrons. The number of hydrogen-bond donors (Lipinski definition) is 2. The fourth-order valence-electron chi connectivity index (χ4n) is 3.75. The number of ether oxygens (including phenoxy) is 2. The van der Waals surface area contributed by atoms with Gasteiger partial charge in [0.05, 0.1) is 31.8 Å². The van der Waals surface area contributed by atoms with Gasteiger partial charge >= 0.3 is 0 Å². The number of primary amides is 1. The Morgan fingerprint density at radius 2 is 1.96 bits per heavy atom. The van der Waals surface area contributed by atoms with Gasteiger partial charge in [-0.25, -0.2) is 0 Å². The maximum Gasteiger partial charge on any atom is 0.234 e. The molecule has 2 aliphatic rings. The largest absolute Gasteiger partial charge is 0.490 e. The second kappa shape index (κ2) is 8.61. The zero-order valence-electron chi connectivity index (χ0n) is 16.1. The molecule has 2 heterocycles. The molecule has 3 N–H and O–H groups in total. The summed E-state index contributed by atoms with van der Waals surface area (Å²) < 4.78 is 11.5. The van der Waals surface area contributed by atoms with Gasteiger partial charge in [0, 0.05) is 6.42 Å². The number of carbonyl (C=O) groups is 2. The lowest BCUT2D eigenvalue weighted by atomic mass is 9.95. The van der Waals surface area contributed by atoms with Crippen LogP contribution in [0.4, 0.5) is 0 Å². The molecule has 1 aromatic rings. The molecule has 7 nitrogen and oxygen atoms in total. The third-order valence-electron chi connectivity index (χ3n) is 5.15. The Hall–Kier alpha value is -2.28. The Morgan fingerprint density at radius 1 is 1.22 bits per heavy atom. The van der Waals surface area contributed by atoms with Crippen molar-refractivity contribution in [2.45, 2.75) is 45.2 Å². The molecule has 0 radical (unpaired) electrons. The summed E-state index contributed by atoms with van der Waals surface area (Å²) in [5, 5.41) is 3.11. The Bertz CT molecular complexity index is 692. The minimum absolute atomic E-state index is 0.103. The molecule has 0 aliphatic carbocycles. The van der Waals surface area contributed by atoms with E-state index >= 15 is 0 Å². The van der Waals surface area contributed by atoms with Gasteiger partial charge in [0.15, 0.2) is 11.5 Å². The fourth-order valence-corrected chi connectivity index (χ4v) is 3.75. The Morgan fingerprint density at radius 3 is 2.67 bits per heavy atom. The van der Waals surface area contributed by atoms with Crippen LogP contribution in [0, 0.1) is 5.92 Å². The fraction of sp³-hybridized carbons (Fsp3) is 0.600. The molecule has 1 aromatic carbocycles. The van der Waals surface area contributed by atoms with E-state index in [1.807, 2.05) is 23.1 Å². The number of benzene rings is 1. The Balaban J connectivity index is 1.69. The molecule has 7 heteroatoms. The van der Waals surface area contributed by atoms with E-state index in [0.29, 0.717) is 13.2 Å². The Labute approximate surface area is 160 Å². The number of hydrogen-bond acceptors (Lipinski definition) is 5. The molecule has 0 saturated carbocycles. The van der Waals surface area contributed by atoms with Crippen LogP contribution in [0.3, 0.4) is 0 Å². The number of likely N-dealkylation sites (tertiary alicyclic amines) is 1. The highest BCUT2D eigenvalue weighted by Gasteiger charge is 2.31. The second-order valence-electron chi connectivity index (χ2n) is 7.58. The first kappa shape index (κ1) is 19.5. The van der Waals surface area contributed by atoms with Gasteiger partial charge in [0.1, 0.15) is 0 Å². The first-order valence-electron chi connectivity index (χ1n) is 9.68. The van der Waals surface area contributed by atoms with Crippen molar-refractivity contribution in [2.75, 3.05) is 26.3 Å². The van der Waals surface area contributed by atoms with Gasteiger partial charge in [-0.05, 0) is 43.0 Å². The van der Waals surface area contributed by atoms with Crippen molar-refractivity contribution < 1.29 is 19.1 Å². The maximum absolute atomic E-state index is 12.6. The minimum Gasteiger partial charge on any atom is -0.490 e. The van der Waals surface area contributed by atoms with E-state index in [1.165, 1.54) is 0 Å². The molecule has 1 fully saturated rings. The summed E-state index contributed by atoms with van der Waals surface area (Å²) in [7, 11) is 0. The molecule has 0 unspecified atom stereocenters. The summed E-state index contributed by atoms with van der Waals surface area (Å²) in [5.41, 5.74) is 6.43. The Kier molecular flexibility index (Phi) is 6.21. The first-order valence-corrected chi connectivity index (χ1v) is 9.68. The summed E-state index contributed by atoms with van der Waals surface area (Å²) in [5.74, 6) is 1.20. The molecule has 27 heavy (non-hydrogen) atoms. The zero-order valence-corrected chi connectivity index (χ0v) is 16.1. The number of nitrogens with zero attached hydrogens (tertiary/aromatic N) is 1. The SMILES string of the molecule is CC(C)[C@H](NC(=O)CN1CCC[C@H]1C(N)=O)c1ccc2c(c1)OCCCO2. The predicted molar refractivity (Wildman–Crippen MR) is 102 cm³/mol. The molecule has 0 spiro atoms. The van der Waals surface area contributed by atoms with Gasteiger partial charge in [0.2, 0.25) is 11.8 Å². The van der Waals surface area contributed by atoms with Crippen molar-refractivity contribution in [2.24, 2.45) is 11.7 Å². The topological polar surface area (TPSA) is 93.9 Å². The molecule has 0 bridgehead atoms. The smallest absolute Gasteiger partial charge is 0.234 e. The minimum atomic E-state index is -0.358. The quantitative estimate of drug-likeness (QED) is 0.788.